The van der Waals surface area contributed by atoms with Crippen molar-refractivity contribution in [3.63, 3.8) is 0 Å². The van der Waals surface area contributed by atoms with Crippen LogP contribution in [0, 0.1) is 0 Å². The van der Waals surface area contributed by atoms with E-state index in [1.165, 1.54) is 25.8 Å². The smallest absolute Gasteiger partial charge is 0.110 e. The average Bonchev–Trinajstić information content (AvgIpc) is 2.89. The molecule has 2 N–H and O–H groups in total. The molecule has 1 saturated heterocycles. The highest BCUT2D eigenvalue weighted by atomic mass is 16.2. The van der Waals surface area contributed by atoms with Gasteiger partial charge in [-0.3, -0.25) is 0 Å². The van der Waals surface area contributed by atoms with Gasteiger partial charge < -0.3 is 15.0 Å². The molecule has 4 nitrogen and oxygen atoms in total. The molecule has 1 unspecified atom stereocenters. The van der Waals surface area contributed by atoms with Crippen molar-refractivity contribution in [1.82, 2.24) is 14.9 Å². The molecule has 0 bridgehead atoms. The Morgan fingerprint density at radius 2 is 2.35 bits per heavy atom. The van der Waals surface area contributed by atoms with Crippen LogP contribution >= 0.6 is 0 Å². The number of likely N-dealkylation sites (tertiary alicyclic amines) is 1. The van der Waals surface area contributed by atoms with Gasteiger partial charge >= 0.3 is 0 Å². The summed E-state index contributed by atoms with van der Waals surface area (Å²) in [7, 11) is 0. The molecule has 0 radical (unpaired) electrons. The van der Waals surface area contributed by atoms with Crippen LogP contribution in [0.3, 0.4) is 0 Å². The maximum absolute atomic E-state index is 8.74. The Hall–Kier alpha value is -0.870. The van der Waals surface area contributed by atoms with Gasteiger partial charge in [-0.1, -0.05) is 0 Å². The van der Waals surface area contributed by atoms with Crippen LogP contribution in [-0.2, 0) is 0 Å². The first-order valence-corrected chi connectivity index (χ1v) is 6.72. The van der Waals surface area contributed by atoms with Crippen LogP contribution in [0.25, 0.3) is 0 Å². The Morgan fingerprint density at radius 3 is 3.12 bits per heavy atom. The number of hydrogen-bond acceptors (Lipinski definition) is 3. The number of aliphatic hydroxyl groups excluding tert-OH is 1. The standard InChI is InChI=1S/C13H23N3O/c17-10-3-1-2-8-16-9-4-5-12(11-16)13-14-6-7-15-13/h6-7,12,17H,1-5,8-11H2,(H,14,15). The summed E-state index contributed by atoms with van der Waals surface area (Å²) in [6.07, 6.45) is 9.55. The second-order valence-corrected chi connectivity index (χ2v) is 4.90. The molecule has 2 rings (SSSR count). The molecule has 1 aromatic heterocycles. The average molecular weight is 237 g/mol. The third-order valence-electron chi connectivity index (χ3n) is 3.54. The van der Waals surface area contributed by atoms with E-state index in [1.807, 2.05) is 12.4 Å². The van der Waals surface area contributed by atoms with Crippen molar-refractivity contribution in [3.8, 4) is 0 Å². The summed E-state index contributed by atoms with van der Waals surface area (Å²) in [5.74, 6) is 1.72. The Bertz CT molecular complexity index is 300. The molecule has 17 heavy (non-hydrogen) atoms. The number of aromatic amines is 1. The van der Waals surface area contributed by atoms with Crippen LogP contribution < -0.4 is 0 Å². The highest BCUT2D eigenvalue weighted by molar-refractivity contribution is 4.99. The maximum atomic E-state index is 8.74. The van der Waals surface area contributed by atoms with Gasteiger partial charge in [-0.2, -0.15) is 0 Å². The first-order chi connectivity index (χ1) is 8.40. The predicted octanol–water partition coefficient (Wildman–Crippen LogP) is 1.75. The van der Waals surface area contributed by atoms with Crippen molar-refractivity contribution in [2.75, 3.05) is 26.2 Å². The summed E-state index contributed by atoms with van der Waals surface area (Å²) in [6, 6.07) is 0. The van der Waals surface area contributed by atoms with Gasteiger partial charge in [0.1, 0.15) is 5.82 Å². The number of imidazole rings is 1. The number of nitrogens with one attached hydrogen (secondary N) is 1. The van der Waals surface area contributed by atoms with Crippen LogP contribution in [-0.4, -0.2) is 46.2 Å². The lowest BCUT2D eigenvalue weighted by atomic mass is 9.97. The molecular weight excluding hydrogens is 214 g/mol. The zero-order valence-electron chi connectivity index (χ0n) is 10.4. The Kier molecular flexibility index (Phi) is 5.01. The molecule has 4 heteroatoms. The van der Waals surface area contributed by atoms with E-state index in [0.717, 1.165) is 31.8 Å². The zero-order valence-corrected chi connectivity index (χ0v) is 10.4. The van der Waals surface area contributed by atoms with Crippen LogP contribution in [0.1, 0.15) is 43.8 Å². The number of H-pyrrole nitrogens is 1. The van der Waals surface area contributed by atoms with Crippen LogP contribution in [0.2, 0.25) is 0 Å². The van der Waals surface area contributed by atoms with E-state index in [1.54, 1.807) is 0 Å². The Balaban J connectivity index is 1.73. The van der Waals surface area contributed by atoms with E-state index in [9.17, 15) is 0 Å². The van der Waals surface area contributed by atoms with Gasteiger partial charge in [0.2, 0.25) is 0 Å². The fraction of sp³-hybridized carbons (Fsp3) is 0.769. The largest absolute Gasteiger partial charge is 0.396 e. The van der Waals surface area contributed by atoms with Crippen molar-refractivity contribution >= 4 is 0 Å². The van der Waals surface area contributed by atoms with Gasteiger partial charge in [0.15, 0.2) is 0 Å². The summed E-state index contributed by atoms with van der Waals surface area (Å²) >= 11 is 0. The van der Waals surface area contributed by atoms with E-state index >= 15 is 0 Å². The maximum Gasteiger partial charge on any atom is 0.110 e. The molecular formula is C13H23N3O. The van der Waals surface area contributed by atoms with Crippen molar-refractivity contribution in [3.05, 3.63) is 18.2 Å². The number of nitrogens with zero attached hydrogens (tertiary/aromatic N) is 2. The normalized spacial score (nSPS) is 21.8. The molecule has 0 spiro atoms. The summed E-state index contributed by atoms with van der Waals surface area (Å²) in [6.45, 7) is 3.84. The summed E-state index contributed by atoms with van der Waals surface area (Å²) in [4.78, 5) is 10.1. The molecule has 2 heterocycles. The molecule has 1 atom stereocenters. The molecule has 1 aromatic rings. The minimum atomic E-state index is 0.328. The number of aliphatic hydroxyl groups is 1. The first-order valence-electron chi connectivity index (χ1n) is 6.72. The van der Waals surface area contributed by atoms with Gasteiger partial charge in [-0.25, -0.2) is 4.98 Å². The quantitative estimate of drug-likeness (QED) is 0.741. The Labute approximate surface area is 103 Å². The minimum Gasteiger partial charge on any atom is -0.396 e. The fourth-order valence-corrected chi connectivity index (χ4v) is 2.61. The molecule has 1 aliphatic rings. The van der Waals surface area contributed by atoms with E-state index in [2.05, 4.69) is 14.9 Å². The van der Waals surface area contributed by atoms with E-state index in [0.29, 0.717) is 12.5 Å². The molecule has 0 aromatic carbocycles. The molecule has 0 saturated carbocycles. The number of hydrogen-bond donors (Lipinski definition) is 2. The van der Waals surface area contributed by atoms with E-state index in [4.69, 9.17) is 5.11 Å². The SMILES string of the molecule is OCCCCCN1CCCC(c2ncc[nH]2)C1. The van der Waals surface area contributed by atoms with Gasteiger partial charge in [-0.05, 0) is 45.2 Å². The lowest BCUT2D eigenvalue weighted by Gasteiger charge is -2.31. The summed E-state index contributed by atoms with van der Waals surface area (Å²) in [5.41, 5.74) is 0. The summed E-state index contributed by atoms with van der Waals surface area (Å²) in [5, 5.41) is 8.74. The molecule has 1 fully saturated rings. The lowest BCUT2D eigenvalue weighted by Crippen LogP contribution is -2.35. The van der Waals surface area contributed by atoms with E-state index < -0.39 is 0 Å². The third kappa shape index (κ3) is 3.82. The monoisotopic (exact) mass is 237 g/mol. The lowest BCUT2D eigenvalue weighted by molar-refractivity contribution is 0.198. The highest BCUT2D eigenvalue weighted by Crippen LogP contribution is 2.24. The third-order valence-corrected chi connectivity index (χ3v) is 3.54. The predicted molar refractivity (Wildman–Crippen MR) is 67.9 cm³/mol. The Morgan fingerprint density at radius 1 is 1.41 bits per heavy atom. The first kappa shape index (κ1) is 12.6. The molecule has 0 amide bonds. The van der Waals surface area contributed by atoms with Crippen LogP contribution in [0.15, 0.2) is 12.4 Å². The van der Waals surface area contributed by atoms with Gasteiger partial charge in [0.05, 0.1) is 0 Å². The van der Waals surface area contributed by atoms with Crippen molar-refractivity contribution in [2.24, 2.45) is 0 Å². The number of aromatic nitrogens is 2. The van der Waals surface area contributed by atoms with Gasteiger partial charge in [-0.15, -0.1) is 0 Å². The number of rotatable bonds is 6. The molecule has 1 aliphatic heterocycles. The van der Waals surface area contributed by atoms with Crippen LogP contribution in [0.4, 0.5) is 0 Å². The topological polar surface area (TPSA) is 52.1 Å². The number of unbranched alkanes of at least 4 members (excludes halogenated alkanes) is 2. The van der Waals surface area contributed by atoms with Gasteiger partial charge in [0.25, 0.3) is 0 Å². The second-order valence-electron chi connectivity index (χ2n) is 4.90. The van der Waals surface area contributed by atoms with Crippen molar-refractivity contribution in [1.29, 1.82) is 0 Å². The molecule has 0 aliphatic carbocycles. The summed E-state index contributed by atoms with van der Waals surface area (Å²) < 4.78 is 0. The molecule has 96 valence electrons. The fourth-order valence-electron chi connectivity index (χ4n) is 2.61. The second kappa shape index (κ2) is 6.77. The van der Waals surface area contributed by atoms with Gasteiger partial charge in [0, 0.05) is 31.5 Å². The van der Waals surface area contributed by atoms with E-state index in [-0.39, 0.29) is 0 Å². The highest BCUT2D eigenvalue weighted by Gasteiger charge is 2.22. The van der Waals surface area contributed by atoms with Crippen LogP contribution in [0.5, 0.6) is 0 Å². The number of piperidine rings is 1. The zero-order chi connectivity index (χ0) is 11.9. The van der Waals surface area contributed by atoms with Crippen molar-refractivity contribution in [2.45, 2.75) is 38.0 Å². The minimum absolute atomic E-state index is 0.328. The van der Waals surface area contributed by atoms with Crippen molar-refractivity contribution < 1.29 is 5.11 Å².